The van der Waals surface area contributed by atoms with Crippen molar-refractivity contribution in [2.45, 2.75) is 13.8 Å². The van der Waals surface area contributed by atoms with Crippen LogP contribution in [0.2, 0.25) is 0 Å². The lowest BCUT2D eigenvalue weighted by Gasteiger charge is -2.33. The van der Waals surface area contributed by atoms with Crippen LogP contribution in [-0.2, 0) is 9.59 Å². The van der Waals surface area contributed by atoms with E-state index in [4.69, 9.17) is 4.74 Å². The third-order valence-corrected chi connectivity index (χ3v) is 3.65. The third kappa shape index (κ3) is 4.35. The Morgan fingerprint density at radius 2 is 1.68 bits per heavy atom. The van der Waals surface area contributed by atoms with Gasteiger partial charge in [-0.15, -0.1) is 0 Å². The average molecular weight is 302 g/mol. The Kier molecular flexibility index (Phi) is 5.58. The zero-order valence-corrected chi connectivity index (χ0v) is 13.1. The first-order valence-corrected chi connectivity index (χ1v) is 7.55. The second-order valence-corrected chi connectivity index (χ2v) is 5.17. The number of carbonyl (C=O) groups excluding carboxylic acids is 2. The molecule has 0 atom stereocenters. The molecule has 0 aromatic heterocycles. The van der Waals surface area contributed by atoms with Gasteiger partial charge in [-0.1, -0.05) is 12.1 Å². The summed E-state index contributed by atoms with van der Waals surface area (Å²) in [4.78, 5) is 26.9. The van der Waals surface area contributed by atoms with E-state index in [-0.39, 0.29) is 11.8 Å². The van der Waals surface area contributed by atoms with Crippen LogP contribution in [0.25, 0.3) is 6.08 Å². The molecular weight excluding hydrogens is 280 g/mol. The number of piperazine rings is 1. The van der Waals surface area contributed by atoms with Crippen molar-refractivity contribution in [3.63, 3.8) is 0 Å². The molecule has 0 aliphatic carbocycles. The molecule has 0 spiro atoms. The summed E-state index contributed by atoms with van der Waals surface area (Å²) in [5, 5.41) is 0. The lowest BCUT2D eigenvalue weighted by molar-refractivity contribution is -0.135. The molecule has 2 amide bonds. The molecule has 22 heavy (non-hydrogen) atoms. The molecule has 118 valence electrons. The summed E-state index contributed by atoms with van der Waals surface area (Å²) in [6.45, 7) is 6.54. The molecule has 1 fully saturated rings. The highest BCUT2D eigenvalue weighted by Crippen LogP contribution is 2.13. The number of nitrogens with zero attached hydrogens (tertiary/aromatic N) is 2. The lowest BCUT2D eigenvalue weighted by atomic mass is 10.2. The molecule has 1 aliphatic heterocycles. The number of ether oxygens (including phenoxy) is 1. The van der Waals surface area contributed by atoms with Crippen molar-refractivity contribution in [2.24, 2.45) is 0 Å². The Morgan fingerprint density at radius 1 is 1.09 bits per heavy atom. The summed E-state index contributed by atoms with van der Waals surface area (Å²) in [6.07, 6.45) is 3.38. The first-order valence-electron chi connectivity index (χ1n) is 7.55. The topological polar surface area (TPSA) is 49.9 Å². The smallest absolute Gasteiger partial charge is 0.246 e. The Balaban J connectivity index is 1.87. The number of benzene rings is 1. The minimum absolute atomic E-state index is 0.0166. The van der Waals surface area contributed by atoms with Gasteiger partial charge in [0.2, 0.25) is 11.8 Å². The fourth-order valence-electron chi connectivity index (χ4n) is 2.36. The summed E-state index contributed by atoms with van der Waals surface area (Å²) in [7, 11) is 0. The molecule has 5 heteroatoms. The van der Waals surface area contributed by atoms with Crippen LogP contribution in [0.1, 0.15) is 19.4 Å². The molecule has 0 unspecified atom stereocenters. The zero-order valence-electron chi connectivity index (χ0n) is 13.1. The van der Waals surface area contributed by atoms with Gasteiger partial charge in [-0.3, -0.25) is 9.59 Å². The molecule has 1 aromatic rings. The van der Waals surface area contributed by atoms with Crippen LogP contribution in [-0.4, -0.2) is 54.4 Å². The van der Waals surface area contributed by atoms with E-state index >= 15 is 0 Å². The van der Waals surface area contributed by atoms with Crippen molar-refractivity contribution >= 4 is 17.9 Å². The van der Waals surface area contributed by atoms with Crippen LogP contribution in [0.3, 0.4) is 0 Å². The van der Waals surface area contributed by atoms with E-state index in [0.717, 1.165) is 11.3 Å². The third-order valence-electron chi connectivity index (χ3n) is 3.65. The molecule has 5 nitrogen and oxygen atoms in total. The van der Waals surface area contributed by atoms with Gasteiger partial charge in [0, 0.05) is 39.2 Å². The molecule has 1 aliphatic rings. The van der Waals surface area contributed by atoms with Gasteiger partial charge in [0.25, 0.3) is 0 Å². The van der Waals surface area contributed by atoms with Gasteiger partial charge in [-0.2, -0.15) is 0 Å². The van der Waals surface area contributed by atoms with Crippen molar-refractivity contribution in [2.75, 3.05) is 32.8 Å². The summed E-state index contributed by atoms with van der Waals surface area (Å²) in [5.41, 5.74) is 0.958. The maximum Gasteiger partial charge on any atom is 0.246 e. The first kappa shape index (κ1) is 16.1. The fraction of sp³-hybridized carbons (Fsp3) is 0.412. The number of rotatable bonds is 4. The molecule has 0 saturated carbocycles. The van der Waals surface area contributed by atoms with E-state index < -0.39 is 0 Å². The predicted octanol–water partition coefficient (Wildman–Crippen LogP) is 1.79. The summed E-state index contributed by atoms with van der Waals surface area (Å²) in [5.74, 6) is 0.875. The molecule has 2 rings (SSSR count). The van der Waals surface area contributed by atoms with Gasteiger partial charge in [0.1, 0.15) is 5.75 Å². The molecular formula is C17H22N2O3. The normalized spacial score (nSPS) is 15.2. The maximum atomic E-state index is 12.1. The van der Waals surface area contributed by atoms with Gasteiger partial charge in [0.05, 0.1) is 6.61 Å². The average Bonchev–Trinajstić information content (AvgIpc) is 2.54. The van der Waals surface area contributed by atoms with E-state index in [1.54, 1.807) is 28.9 Å². The summed E-state index contributed by atoms with van der Waals surface area (Å²) in [6, 6.07) is 7.61. The molecule has 1 heterocycles. The van der Waals surface area contributed by atoms with Crippen LogP contribution in [0.5, 0.6) is 5.75 Å². The Bertz CT molecular complexity index is 544. The first-order chi connectivity index (χ1) is 10.6. The summed E-state index contributed by atoms with van der Waals surface area (Å²) < 4.78 is 5.38. The molecule has 0 radical (unpaired) electrons. The van der Waals surface area contributed by atoms with E-state index in [2.05, 4.69) is 0 Å². The lowest BCUT2D eigenvalue weighted by Crippen LogP contribution is -2.49. The quantitative estimate of drug-likeness (QED) is 0.797. The Labute approximate surface area is 131 Å². The Hall–Kier alpha value is -2.30. The molecule has 1 aromatic carbocycles. The van der Waals surface area contributed by atoms with Crippen molar-refractivity contribution < 1.29 is 14.3 Å². The Morgan fingerprint density at radius 3 is 2.23 bits per heavy atom. The van der Waals surface area contributed by atoms with Crippen LogP contribution in [0, 0.1) is 0 Å². The second-order valence-electron chi connectivity index (χ2n) is 5.17. The van der Waals surface area contributed by atoms with E-state index in [1.807, 2.05) is 31.2 Å². The van der Waals surface area contributed by atoms with Crippen molar-refractivity contribution in [3.05, 3.63) is 35.9 Å². The number of carbonyl (C=O) groups is 2. The van der Waals surface area contributed by atoms with Crippen LogP contribution in [0.15, 0.2) is 30.3 Å². The SMILES string of the molecule is CCOc1ccc(/C=C/C(=O)N2CCN(C(C)=O)CC2)cc1. The standard InChI is InChI=1S/C17H22N2O3/c1-3-22-16-7-4-15(5-8-16)6-9-17(21)19-12-10-18(11-13-19)14(2)20/h4-9H,3,10-13H2,1-2H3/b9-6+. The van der Waals surface area contributed by atoms with Crippen molar-refractivity contribution in [1.82, 2.24) is 9.80 Å². The molecule has 0 bridgehead atoms. The maximum absolute atomic E-state index is 12.1. The predicted molar refractivity (Wildman–Crippen MR) is 85.5 cm³/mol. The van der Waals surface area contributed by atoms with Crippen LogP contribution in [0.4, 0.5) is 0 Å². The highest BCUT2D eigenvalue weighted by atomic mass is 16.5. The largest absolute Gasteiger partial charge is 0.494 e. The number of hydrogen-bond donors (Lipinski definition) is 0. The van der Waals surface area contributed by atoms with Gasteiger partial charge < -0.3 is 14.5 Å². The minimum Gasteiger partial charge on any atom is -0.494 e. The zero-order chi connectivity index (χ0) is 15.9. The van der Waals surface area contributed by atoms with Crippen LogP contribution >= 0.6 is 0 Å². The highest BCUT2D eigenvalue weighted by molar-refractivity contribution is 5.92. The molecule has 0 N–H and O–H groups in total. The van der Waals surface area contributed by atoms with Crippen molar-refractivity contribution in [3.8, 4) is 5.75 Å². The van der Waals surface area contributed by atoms with E-state index in [9.17, 15) is 9.59 Å². The number of hydrogen-bond acceptors (Lipinski definition) is 3. The fourth-order valence-corrected chi connectivity index (χ4v) is 2.36. The van der Waals surface area contributed by atoms with Crippen LogP contribution < -0.4 is 4.74 Å². The van der Waals surface area contributed by atoms with Gasteiger partial charge in [0.15, 0.2) is 0 Å². The van der Waals surface area contributed by atoms with Gasteiger partial charge in [-0.25, -0.2) is 0 Å². The monoisotopic (exact) mass is 302 g/mol. The van der Waals surface area contributed by atoms with Gasteiger partial charge >= 0.3 is 0 Å². The minimum atomic E-state index is -0.0166. The van der Waals surface area contributed by atoms with Gasteiger partial charge in [-0.05, 0) is 30.7 Å². The number of amides is 2. The van der Waals surface area contributed by atoms with Crippen molar-refractivity contribution in [1.29, 1.82) is 0 Å². The second kappa shape index (κ2) is 7.64. The summed E-state index contributed by atoms with van der Waals surface area (Å²) >= 11 is 0. The highest BCUT2D eigenvalue weighted by Gasteiger charge is 2.20. The molecule has 1 saturated heterocycles. The van der Waals surface area contributed by atoms with E-state index in [0.29, 0.717) is 32.8 Å². The van der Waals surface area contributed by atoms with E-state index in [1.165, 1.54) is 0 Å².